The van der Waals surface area contributed by atoms with Gasteiger partial charge in [0.05, 0.1) is 4.92 Å². The molecular weight excluding hydrogens is 302 g/mol. The fraction of sp³-hybridized carbons (Fsp3) is 0.333. The van der Waals surface area contributed by atoms with Crippen molar-refractivity contribution in [3.05, 3.63) is 45.2 Å². The van der Waals surface area contributed by atoms with Gasteiger partial charge < -0.3 is 14.6 Å². The van der Waals surface area contributed by atoms with Crippen molar-refractivity contribution >= 4 is 17.4 Å². The number of benzene rings is 1. The second kappa shape index (κ2) is 6.47. The van der Waals surface area contributed by atoms with Gasteiger partial charge in [-0.25, -0.2) is 0 Å². The number of aromatic nitrogens is 1. The van der Waals surface area contributed by atoms with Gasteiger partial charge in [-0.1, -0.05) is 11.2 Å². The Kier molecular flexibility index (Phi) is 4.63. The lowest BCUT2D eigenvalue weighted by Gasteiger charge is -2.15. The van der Waals surface area contributed by atoms with Crippen molar-refractivity contribution in [1.82, 2.24) is 5.16 Å². The highest BCUT2D eigenvalue weighted by atomic mass is 16.6. The molecule has 0 spiro atoms. The minimum atomic E-state index is -0.938. The number of amides is 1. The number of nitrogens with zero attached hydrogens (tertiary/aromatic N) is 2. The Morgan fingerprint density at radius 1 is 1.35 bits per heavy atom. The number of carbonyl (C=O) groups is 1. The molecule has 1 amide bonds. The smallest absolute Gasteiger partial charge is 0.311 e. The number of ether oxygens (including phenoxy) is 1. The molecule has 0 unspecified atom stereocenters. The molecule has 0 aliphatic rings. The average Bonchev–Trinajstić information content (AvgIpc) is 2.86. The molecule has 0 aliphatic carbocycles. The van der Waals surface area contributed by atoms with Crippen LogP contribution in [-0.4, -0.2) is 22.1 Å². The Morgan fingerprint density at radius 3 is 2.61 bits per heavy atom. The number of rotatable bonds is 5. The summed E-state index contributed by atoms with van der Waals surface area (Å²) in [6.45, 7) is 6.65. The van der Waals surface area contributed by atoms with Crippen LogP contribution in [0.1, 0.15) is 23.8 Å². The summed E-state index contributed by atoms with van der Waals surface area (Å²) in [7, 11) is 0. The second-order valence-electron chi connectivity index (χ2n) is 5.26. The van der Waals surface area contributed by atoms with Crippen molar-refractivity contribution in [2.24, 2.45) is 0 Å². The van der Waals surface area contributed by atoms with Gasteiger partial charge in [-0.05, 0) is 38.8 Å². The molecular formula is C15H17N3O5. The number of carbonyl (C=O) groups excluding carboxylic acids is 1. The number of nitro benzene ring substituents is 1. The van der Waals surface area contributed by atoms with Crippen molar-refractivity contribution in [3.63, 3.8) is 0 Å². The Balaban J connectivity index is 2.18. The molecule has 1 aromatic heterocycles. The summed E-state index contributed by atoms with van der Waals surface area (Å²) < 4.78 is 10.4. The summed E-state index contributed by atoms with van der Waals surface area (Å²) in [5.74, 6) is 0.420. The molecule has 0 saturated heterocycles. The highest BCUT2D eigenvalue weighted by Crippen LogP contribution is 2.32. The average molecular weight is 319 g/mol. The zero-order chi connectivity index (χ0) is 17.1. The third kappa shape index (κ3) is 3.85. The molecule has 23 heavy (non-hydrogen) atoms. The number of hydrogen-bond donors (Lipinski definition) is 1. The van der Waals surface area contributed by atoms with Gasteiger partial charge in [0.2, 0.25) is 5.75 Å². The molecule has 0 radical (unpaired) electrons. The SMILES string of the molecule is Cc1cc(C)c(O[C@H](C)C(=O)Nc2cc(C)on2)c([N+](=O)[O-])c1. The molecule has 0 bridgehead atoms. The van der Waals surface area contributed by atoms with Crippen molar-refractivity contribution < 1.29 is 19.0 Å². The topological polar surface area (TPSA) is 108 Å². The molecule has 1 atom stereocenters. The zero-order valence-electron chi connectivity index (χ0n) is 13.2. The Hall–Kier alpha value is -2.90. The monoisotopic (exact) mass is 319 g/mol. The number of hydrogen-bond acceptors (Lipinski definition) is 6. The predicted molar refractivity (Wildman–Crippen MR) is 82.5 cm³/mol. The summed E-state index contributed by atoms with van der Waals surface area (Å²) in [5, 5.41) is 17.3. The van der Waals surface area contributed by atoms with Gasteiger partial charge in [-0.2, -0.15) is 0 Å². The van der Waals surface area contributed by atoms with E-state index in [1.807, 2.05) is 0 Å². The van der Waals surface area contributed by atoms with Gasteiger partial charge in [-0.15, -0.1) is 0 Å². The van der Waals surface area contributed by atoms with Crippen molar-refractivity contribution in [2.45, 2.75) is 33.8 Å². The first-order valence-corrected chi connectivity index (χ1v) is 6.94. The second-order valence-corrected chi connectivity index (χ2v) is 5.26. The van der Waals surface area contributed by atoms with Gasteiger partial charge in [0.15, 0.2) is 11.9 Å². The molecule has 8 nitrogen and oxygen atoms in total. The highest BCUT2D eigenvalue weighted by molar-refractivity contribution is 5.93. The Bertz CT molecular complexity index is 754. The number of anilines is 1. The van der Waals surface area contributed by atoms with E-state index in [9.17, 15) is 14.9 Å². The van der Waals surface area contributed by atoms with Crippen LogP contribution in [-0.2, 0) is 4.79 Å². The Labute approximate surface area is 132 Å². The lowest BCUT2D eigenvalue weighted by Crippen LogP contribution is -2.30. The minimum Gasteiger partial charge on any atom is -0.473 e. The Morgan fingerprint density at radius 2 is 2.04 bits per heavy atom. The van der Waals surface area contributed by atoms with E-state index in [1.165, 1.54) is 13.0 Å². The van der Waals surface area contributed by atoms with Crippen LogP contribution in [0.2, 0.25) is 0 Å². The maximum Gasteiger partial charge on any atom is 0.311 e. The lowest BCUT2D eigenvalue weighted by molar-refractivity contribution is -0.386. The quantitative estimate of drug-likeness (QED) is 0.670. The first kappa shape index (κ1) is 16.5. The molecule has 2 aromatic rings. The third-order valence-electron chi connectivity index (χ3n) is 3.14. The van der Waals surface area contributed by atoms with E-state index < -0.39 is 16.9 Å². The van der Waals surface area contributed by atoms with Crippen LogP contribution in [0, 0.1) is 30.9 Å². The molecule has 0 aliphatic heterocycles. The van der Waals surface area contributed by atoms with E-state index in [1.54, 1.807) is 32.9 Å². The van der Waals surface area contributed by atoms with Gasteiger partial charge in [0, 0.05) is 12.1 Å². The van der Waals surface area contributed by atoms with E-state index >= 15 is 0 Å². The number of nitrogens with one attached hydrogen (secondary N) is 1. The van der Waals surface area contributed by atoms with Crippen LogP contribution in [0.25, 0.3) is 0 Å². The van der Waals surface area contributed by atoms with Crippen LogP contribution < -0.4 is 10.1 Å². The molecule has 2 rings (SSSR count). The van der Waals surface area contributed by atoms with E-state index in [0.717, 1.165) is 5.56 Å². The fourth-order valence-electron chi connectivity index (χ4n) is 2.10. The van der Waals surface area contributed by atoms with Crippen LogP contribution in [0.15, 0.2) is 22.7 Å². The summed E-state index contributed by atoms with van der Waals surface area (Å²) in [6, 6.07) is 4.73. The van der Waals surface area contributed by atoms with Gasteiger partial charge in [0.25, 0.3) is 5.91 Å². The fourth-order valence-corrected chi connectivity index (χ4v) is 2.10. The first-order valence-electron chi connectivity index (χ1n) is 6.94. The lowest BCUT2D eigenvalue weighted by atomic mass is 10.1. The minimum absolute atomic E-state index is 0.0829. The van der Waals surface area contributed by atoms with Gasteiger partial charge >= 0.3 is 5.69 Å². The predicted octanol–water partition coefficient (Wildman–Crippen LogP) is 2.91. The summed E-state index contributed by atoms with van der Waals surface area (Å²) in [5.41, 5.74) is 1.17. The van der Waals surface area contributed by atoms with Gasteiger partial charge in [0.1, 0.15) is 5.76 Å². The van der Waals surface area contributed by atoms with Crippen LogP contribution in [0.3, 0.4) is 0 Å². The van der Waals surface area contributed by atoms with Crippen LogP contribution >= 0.6 is 0 Å². The summed E-state index contributed by atoms with van der Waals surface area (Å²) in [6.07, 6.45) is -0.938. The highest BCUT2D eigenvalue weighted by Gasteiger charge is 2.24. The summed E-state index contributed by atoms with van der Waals surface area (Å²) >= 11 is 0. The third-order valence-corrected chi connectivity index (χ3v) is 3.14. The maximum atomic E-state index is 12.1. The van der Waals surface area contributed by atoms with Crippen molar-refractivity contribution in [1.29, 1.82) is 0 Å². The summed E-state index contributed by atoms with van der Waals surface area (Å²) in [4.78, 5) is 22.7. The normalized spacial score (nSPS) is 11.8. The van der Waals surface area contributed by atoms with Crippen molar-refractivity contribution in [3.8, 4) is 5.75 Å². The molecule has 0 fully saturated rings. The van der Waals surface area contributed by atoms with E-state index in [2.05, 4.69) is 10.5 Å². The zero-order valence-corrected chi connectivity index (χ0v) is 13.2. The standard InChI is InChI=1S/C15H17N3O5/c1-8-5-9(2)14(12(6-8)18(20)21)22-11(4)15(19)16-13-7-10(3)23-17-13/h5-7,11H,1-4H3,(H,16,17,19)/t11-/m1/s1. The van der Waals surface area contributed by atoms with Crippen molar-refractivity contribution in [2.75, 3.05) is 5.32 Å². The molecule has 1 N–H and O–H groups in total. The largest absolute Gasteiger partial charge is 0.473 e. The molecule has 8 heteroatoms. The van der Waals surface area contributed by atoms with Gasteiger partial charge in [-0.3, -0.25) is 14.9 Å². The van der Waals surface area contributed by atoms with Crippen LogP contribution in [0.4, 0.5) is 11.5 Å². The molecule has 0 saturated carbocycles. The van der Waals surface area contributed by atoms with Crippen LogP contribution in [0.5, 0.6) is 5.75 Å². The molecule has 1 heterocycles. The maximum absolute atomic E-state index is 12.1. The number of nitro groups is 1. The van der Waals surface area contributed by atoms with E-state index in [-0.39, 0.29) is 17.3 Å². The van der Waals surface area contributed by atoms with E-state index in [0.29, 0.717) is 11.3 Å². The first-order chi connectivity index (χ1) is 10.8. The molecule has 122 valence electrons. The van der Waals surface area contributed by atoms with E-state index in [4.69, 9.17) is 9.26 Å². The molecule has 1 aromatic carbocycles. The number of aryl methyl sites for hydroxylation is 3.